The topological polar surface area (TPSA) is 70.0 Å². The summed E-state index contributed by atoms with van der Waals surface area (Å²) in [4.78, 5) is -0.317. The van der Waals surface area contributed by atoms with Gasteiger partial charge >= 0.3 is 0 Å². The van der Waals surface area contributed by atoms with Gasteiger partial charge < -0.3 is 0 Å². The fourth-order valence-electron chi connectivity index (χ4n) is 1.71. The van der Waals surface area contributed by atoms with Gasteiger partial charge in [-0.25, -0.2) is 17.2 Å². The molecule has 21 heavy (non-hydrogen) atoms. The Morgan fingerprint density at radius 2 is 1.86 bits per heavy atom. The maximum Gasteiger partial charge on any atom is 0.262 e. The third-order valence-electron chi connectivity index (χ3n) is 2.83. The van der Waals surface area contributed by atoms with Crippen molar-refractivity contribution in [1.82, 2.24) is 0 Å². The first-order chi connectivity index (χ1) is 9.85. The Balaban J connectivity index is 2.47. The first-order valence-electron chi connectivity index (χ1n) is 5.83. The van der Waals surface area contributed by atoms with Crippen LogP contribution >= 0.6 is 0 Å². The van der Waals surface area contributed by atoms with E-state index in [0.29, 0.717) is 5.56 Å². The molecular formula is C14H10F2N2O2S. The number of anilines is 1. The maximum atomic E-state index is 13.7. The van der Waals surface area contributed by atoms with Crippen molar-refractivity contribution in [3.8, 4) is 6.07 Å². The van der Waals surface area contributed by atoms with Crippen LogP contribution in [0.25, 0.3) is 0 Å². The Bertz CT molecular complexity index is 822. The lowest BCUT2D eigenvalue weighted by molar-refractivity contribution is 0.596. The van der Waals surface area contributed by atoms with Gasteiger partial charge in [0.25, 0.3) is 10.0 Å². The molecule has 0 aliphatic rings. The highest BCUT2D eigenvalue weighted by Gasteiger charge is 2.19. The Kier molecular flexibility index (Phi) is 3.91. The lowest BCUT2D eigenvalue weighted by Crippen LogP contribution is -2.15. The quantitative estimate of drug-likeness (QED) is 0.947. The predicted octanol–water partition coefficient (Wildman–Crippen LogP) is 2.95. The Labute approximate surface area is 120 Å². The minimum atomic E-state index is -4.12. The molecule has 0 unspecified atom stereocenters. The monoisotopic (exact) mass is 308 g/mol. The van der Waals surface area contributed by atoms with Crippen LogP contribution < -0.4 is 4.72 Å². The number of para-hydroxylation sites is 1. The number of nitriles is 1. The van der Waals surface area contributed by atoms with Crippen LogP contribution in [0.15, 0.2) is 41.3 Å². The first-order valence-corrected chi connectivity index (χ1v) is 7.31. The highest BCUT2D eigenvalue weighted by Crippen LogP contribution is 2.23. The fourth-order valence-corrected chi connectivity index (χ4v) is 2.88. The van der Waals surface area contributed by atoms with Gasteiger partial charge in [-0.1, -0.05) is 12.1 Å². The number of hydrogen-bond acceptors (Lipinski definition) is 3. The first kappa shape index (κ1) is 14.9. The Hall–Kier alpha value is -2.46. The molecule has 1 N–H and O–H groups in total. The Morgan fingerprint density at radius 1 is 1.14 bits per heavy atom. The lowest BCUT2D eigenvalue weighted by atomic mass is 10.2. The number of nitrogens with zero attached hydrogens (tertiary/aromatic N) is 1. The molecule has 7 heteroatoms. The number of halogens is 2. The zero-order chi connectivity index (χ0) is 15.6. The van der Waals surface area contributed by atoms with Crippen molar-refractivity contribution in [3.05, 3.63) is 59.2 Å². The molecule has 2 aromatic rings. The number of sulfonamides is 1. The van der Waals surface area contributed by atoms with Gasteiger partial charge in [-0.3, -0.25) is 4.72 Å². The molecule has 0 radical (unpaired) electrons. The van der Waals surface area contributed by atoms with Gasteiger partial charge in [0.05, 0.1) is 16.1 Å². The van der Waals surface area contributed by atoms with E-state index in [4.69, 9.17) is 5.26 Å². The summed E-state index contributed by atoms with van der Waals surface area (Å²) in [6.07, 6.45) is 0. The minimum Gasteiger partial charge on any atom is -0.276 e. The smallest absolute Gasteiger partial charge is 0.262 e. The summed E-state index contributed by atoms with van der Waals surface area (Å²) in [6, 6.07) is 8.46. The van der Waals surface area contributed by atoms with Crippen molar-refractivity contribution in [2.75, 3.05) is 4.72 Å². The van der Waals surface area contributed by atoms with E-state index in [-0.39, 0.29) is 10.6 Å². The van der Waals surface area contributed by atoms with Crippen molar-refractivity contribution >= 4 is 15.7 Å². The summed E-state index contributed by atoms with van der Waals surface area (Å²) >= 11 is 0. The van der Waals surface area contributed by atoms with Crippen LogP contribution in [-0.2, 0) is 10.0 Å². The lowest BCUT2D eigenvalue weighted by Gasteiger charge is -2.11. The highest BCUT2D eigenvalue weighted by molar-refractivity contribution is 7.92. The van der Waals surface area contributed by atoms with E-state index >= 15 is 0 Å². The van der Waals surface area contributed by atoms with Gasteiger partial charge in [0.2, 0.25) is 0 Å². The Morgan fingerprint density at radius 3 is 2.48 bits per heavy atom. The summed E-state index contributed by atoms with van der Waals surface area (Å²) < 4.78 is 53.3. The fraction of sp³-hybridized carbons (Fsp3) is 0.0714. The van der Waals surface area contributed by atoms with Crippen LogP contribution in [-0.4, -0.2) is 8.42 Å². The SMILES string of the molecule is Cc1cccc(F)c1NS(=O)(=O)c1ccc(F)c(C#N)c1. The third-order valence-corrected chi connectivity index (χ3v) is 4.17. The second-order valence-electron chi connectivity index (χ2n) is 4.29. The third kappa shape index (κ3) is 3.01. The standard InChI is InChI=1S/C14H10F2N2O2S/c1-9-3-2-4-13(16)14(9)18-21(19,20)11-5-6-12(15)10(7-11)8-17/h2-7,18H,1H3. The van der Waals surface area contributed by atoms with E-state index in [2.05, 4.69) is 4.72 Å². The van der Waals surface area contributed by atoms with Crippen molar-refractivity contribution in [1.29, 1.82) is 5.26 Å². The average molecular weight is 308 g/mol. The molecule has 2 rings (SSSR count). The van der Waals surface area contributed by atoms with Crippen molar-refractivity contribution in [2.24, 2.45) is 0 Å². The molecule has 0 heterocycles. The van der Waals surface area contributed by atoms with E-state index in [1.54, 1.807) is 19.1 Å². The molecule has 0 saturated carbocycles. The average Bonchev–Trinajstić information content (AvgIpc) is 2.43. The van der Waals surface area contributed by atoms with Gasteiger partial charge in [-0.2, -0.15) is 5.26 Å². The molecule has 0 amide bonds. The molecule has 0 aliphatic carbocycles. The van der Waals surface area contributed by atoms with Crippen LogP contribution in [0.1, 0.15) is 11.1 Å². The van der Waals surface area contributed by atoms with E-state index in [9.17, 15) is 17.2 Å². The predicted molar refractivity (Wildman–Crippen MR) is 73.1 cm³/mol. The summed E-state index contributed by atoms with van der Waals surface area (Å²) in [5.74, 6) is -1.54. The van der Waals surface area contributed by atoms with E-state index in [1.165, 1.54) is 6.07 Å². The van der Waals surface area contributed by atoms with Gasteiger partial charge in [0.1, 0.15) is 17.7 Å². The molecular weight excluding hydrogens is 298 g/mol. The molecule has 0 spiro atoms. The largest absolute Gasteiger partial charge is 0.276 e. The summed E-state index contributed by atoms with van der Waals surface area (Å²) in [6.45, 7) is 1.55. The van der Waals surface area contributed by atoms with Crippen LogP contribution in [0, 0.1) is 29.9 Å². The van der Waals surface area contributed by atoms with Gasteiger partial charge in [0, 0.05) is 0 Å². The zero-order valence-corrected chi connectivity index (χ0v) is 11.7. The van der Waals surface area contributed by atoms with Crippen LogP contribution in [0.4, 0.5) is 14.5 Å². The van der Waals surface area contributed by atoms with E-state index in [0.717, 1.165) is 24.3 Å². The van der Waals surface area contributed by atoms with Crippen LogP contribution in [0.2, 0.25) is 0 Å². The summed E-state index contributed by atoms with van der Waals surface area (Å²) in [5.41, 5.74) is -0.176. The van der Waals surface area contributed by atoms with Crippen LogP contribution in [0.5, 0.6) is 0 Å². The molecule has 0 fully saturated rings. The molecule has 0 saturated heterocycles. The van der Waals surface area contributed by atoms with E-state index in [1.807, 2.05) is 0 Å². The van der Waals surface area contributed by atoms with Crippen molar-refractivity contribution in [2.45, 2.75) is 11.8 Å². The second kappa shape index (κ2) is 5.50. The molecule has 4 nitrogen and oxygen atoms in total. The number of rotatable bonds is 3. The van der Waals surface area contributed by atoms with Crippen molar-refractivity contribution in [3.63, 3.8) is 0 Å². The highest BCUT2D eigenvalue weighted by atomic mass is 32.2. The normalized spacial score (nSPS) is 11.0. The summed E-state index contributed by atoms with van der Waals surface area (Å²) in [5, 5.41) is 8.72. The zero-order valence-electron chi connectivity index (χ0n) is 10.9. The van der Waals surface area contributed by atoms with Gasteiger partial charge in [0.15, 0.2) is 0 Å². The number of aryl methyl sites for hydroxylation is 1. The van der Waals surface area contributed by atoms with Gasteiger partial charge in [-0.05, 0) is 36.8 Å². The maximum absolute atomic E-state index is 13.7. The molecule has 0 aromatic heterocycles. The molecule has 108 valence electrons. The van der Waals surface area contributed by atoms with Crippen molar-refractivity contribution < 1.29 is 17.2 Å². The molecule has 0 aliphatic heterocycles. The second-order valence-corrected chi connectivity index (χ2v) is 5.97. The number of benzene rings is 2. The van der Waals surface area contributed by atoms with E-state index < -0.39 is 27.2 Å². The van der Waals surface area contributed by atoms with Gasteiger partial charge in [-0.15, -0.1) is 0 Å². The number of hydrogen-bond donors (Lipinski definition) is 1. The number of nitrogens with one attached hydrogen (secondary N) is 1. The molecule has 0 bridgehead atoms. The van der Waals surface area contributed by atoms with Crippen LogP contribution in [0.3, 0.4) is 0 Å². The minimum absolute atomic E-state index is 0.180. The molecule has 0 atom stereocenters. The molecule has 2 aromatic carbocycles. The summed E-state index contributed by atoms with van der Waals surface area (Å²) in [7, 11) is -4.12.